The van der Waals surface area contributed by atoms with Gasteiger partial charge in [0.05, 0.1) is 5.60 Å². The summed E-state index contributed by atoms with van der Waals surface area (Å²) in [5.74, 6) is 0. The third kappa shape index (κ3) is 134. The molecule has 0 rings (SSSR count). The maximum atomic E-state index is 8.52. The van der Waals surface area contributed by atoms with Crippen molar-refractivity contribution in [2.45, 2.75) is 26.4 Å². The van der Waals surface area contributed by atoms with Crippen molar-refractivity contribution >= 4 is 23.1 Å². The van der Waals surface area contributed by atoms with Crippen molar-refractivity contribution in [1.29, 1.82) is 0 Å². The summed E-state index contributed by atoms with van der Waals surface area (Å²) in [4.78, 5) is 0. The largest absolute Gasteiger partial charge is 2.00 e. The molecule has 0 saturated carbocycles. The Bertz CT molecular complexity index is 27.2. The Balaban J connectivity index is -0.0000000800. The quantitative estimate of drug-likeness (QED) is 0.403. The van der Waals surface area contributed by atoms with Crippen molar-refractivity contribution in [1.82, 2.24) is 0 Å². The zero-order chi connectivity index (χ0) is 4.50. The van der Waals surface area contributed by atoms with Crippen molar-refractivity contribution in [3.63, 3.8) is 0 Å². The fourth-order valence-corrected chi connectivity index (χ4v) is 0. The van der Waals surface area contributed by atoms with E-state index in [0.717, 1.165) is 0 Å². The van der Waals surface area contributed by atoms with E-state index >= 15 is 0 Å². The summed E-state index contributed by atoms with van der Waals surface area (Å²) in [5, 5.41) is 8.52. The third-order valence-electron chi connectivity index (χ3n) is 0. The van der Waals surface area contributed by atoms with Crippen LogP contribution in [0.15, 0.2) is 0 Å². The molecule has 7 heavy (non-hydrogen) atoms. The van der Waals surface area contributed by atoms with Gasteiger partial charge in [0.1, 0.15) is 0 Å². The maximum absolute atomic E-state index is 8.52. The van der Waals surface area contributed by atoms with Crippen LogP contribution in [0, 0.1) is 0 Å². The van der Waals surface area contributed by atoms with Crippen LogP contribution in [-0.4, -0.2) is 33.8 Å². The summed E-state index contributed by atoms with van der Waals surface area (Å²) in [5.41, 5.74) is -0.500. The molecule has 0 unspecified atom stereocenters. The first-order valence-corrected chi connectivity index (χ1v) is 1.72. The molecule has 0 saturated heterocycles. The molecule has 1 nitrogen and oxygen atoms in total. The van der Waals surface area contributed by atoms with Crippen LogP contribution < -0.4 is 17.0 Å². The van der Waals surface area contributed by atoms with Crippen LogP contribution in [0.5, 0.6) is 0 Å². The van der Waals surface area contributed by atoms with E-state index in [1.807, 2.05) is 0 Å². The van der Waals surface area contributed by atoms with Gasteiger partial charge in [0, 0.05) is 0 Å². The van der Waals surface area contributed by atoms with Gasteiger partial charge < -0.3 is 22.1 Å². The monoisotopic (exact) mass is 177 g/mol. The van der Waals surface area contributed by atoms with Gasteiger partial charge in [-0.25, -0.2) is 0 Å². The van der Waals surface area contributed by atoms with Gasteiger partial charge in [0.25, 0.3) is 0 Å². The first-order chi connectivity index (χ1) is 2.00. The van der Waals surface area contributed by atoms with Gasteiger partial charge in [-0.05, 0) is 20.8 Å². The van der Waals surface area contributed by atoms with Crippen LogP contribution in [0.2, 0.25) is 0 Å². The van der Waals surface area contributed by atoms with Crippen LogP contribution >= 0.6 is 0 Å². The minimum absolute atomic E-state index is 0. The van der Waals surface area contributed by atoms with Crippen LogP contribution in [0.3, 0.4) is 0 Å². The normalized spacial score (nSPS) is 8.57. The van der Waals surface area contributed by atoms with Crippen LogP contribution in [-0.2, 0) is 0 Å². The molecule has 0 atom stereocenters. The van der Waals surface area contributed by atoms with Crippen molar-refractivity contribution in [3.05, 3.63) is 0 Å². The van der Waals surface area contributed by atoms with E-state index in [-0.39, 0.29) is 40.0 Å². The predicted molar refractivity (Wildman–Crippen MR) is 27.7 cm³/mol. The summed E-state index contributed by atoms with van der Waals surface area (Å²) >= 11 is 0. The second-order valence-electron chi connectivity index (χ2n) is 2.17. The standard InChI is InChI=1S/C4H10O.BrH.Mg/c1-4(2,3)5;;/h5H,1-3H3;1H;/q;;+2/p-1. The minimum Gasteiger partial charge on any atom is -1.00 e. The number of rotatable bonds is 0. The van der Waals surface area contributed by atoms with Gasteiger partial charge in [0.15, 0.2) is 0 Å². The first-order valence-electron chi connectivity index (χ1n) is 1.72. The Labute approximate surface area is 71.4 Å². The molecule has 0 amide bonds. The molecular formula is C4H10BrMgO+. The molecule has 0 bridgehead atoms. The van der Waals surface area contributed by atoms with E-state index in [1.54, 1.807) is 20.8 Å². The fraction of sp³-hybridized carbons (Fsp3) is 1.00. The molecule has 3 heteroatoms. The summed E-state index contributed by atoms with van der Waals surface area (Å²) in [6.07, 6.45) is 0. The van der Waals surface area contributed by atoms with Crippen molar-refractivity contribution in [2.24, 2.45) is 0 Å². The molecule has 0 aromatic carbocycles. The topological polar surface area (TPSA) is 20.2 Å². The predicted octanol–water partition coefficient (Wildman–Crippen LogP) is -2.60. The number of halogens is 1. The van der Waals surface area contributed by atoms with Crippen molar-refractivity contribution in [3.8, 4) is 0 Å². The SMILES string of the molecule is CC(C)(C)O.[Br-].[Mg+2]. The molecule has 0 aromatic heterocycles. The zero-order valence-electron chi connectivity index (χ0n) is 5.03. The molecular weight excluding hydrogens is 168 g/mol. The maximum Gasteiger partial charge on any atom is 2.00 e. The molecule has 0 aliphatic heterocycles. The summed E-state index contributed by atoms with van der Waals surface area (Å²) < 4.78 is 0. The third-order valence-corrected chi connectivity index (χ3v) is 0. The first kappa shape index (κ1) is 15.7. The Morgan fingerprint density at radius 1 is 1.14 bits per heavy atom. The summed E-state index contributed by atoms with van der Waals surface area (Å²) in [7, 11) is 0. The fourth-order valence-electron chi connectivity index (χ4n) is 0. The van der Waals surface area contributed by atoms with E-state index in [0.29, 0.717) is 0 Å². The molecule has 1 N–H and O–H groups in total. The van der Waals surface area contributed by atoms with E-state index < -0.39 is 5.60 Å². The molecule has 0 spiro atoms. The van der Waals surface area contributed by atoms with Gasteiger partial charge in [0.2, 0.25) is 0 Å². The number of aliphatic hydroxyl groups is 1. The Morgan fingerprint density at radius 2 is 1.14 bits per heavy atom. The van der Waals surface area contributed by atoms with Crippen LogP contribution in [0.4, 0.5) is 0 Å². The average Bonchev–Trinajstić information content (AvgIpc) is 0.722. The van der Waals surface area contributed by atoms with Gasteiger partial charge in [-0.1, -0.05) is 0 Å². The Morgan fingerprint density at radius 3 is 1.14 bits per heavy atom. The molecule has 0 aliphatic rings. The van der Waals surface area contributed by atoms with E-state index in [1.165, 1.54) is 0 Å². The van der Waals surface area contributed by atoms with Crippen LogP contribution in [0.25, 0.3) is 0 Å². The van der Waals surface area contributed by atoms with Gasteiger partial charge in [-0.2, -0.15) is 0 Å². The van der Waals surface area contributed by atoms with Crippen molar-refractivity contribution < 1.29 is 22.1 Å². The van der Waals surface area contributed by atoms with E-state index in [4.69, 9.17) is 5.11 Å². The minimum atomic E-state index is -0.500. The molecule has 0 radical (unpaired) electrons. The van der Waals surface area contributed by atoms with Gasteiger partial charge >= 0.3 is 23.1 Å². The molecule has 0 aliphatic carbocycles. The van der Waals surface area contributed by atoms with E-state index in [9.17, 15) is 0 Å². The molecule has 40 valence electrons. The average molecular weight is 178 g/mol. The summed E-state index contributed by atoms with van der Waals surface area (Å²) in [6.45, 7) is 5.23. The van der Waals surface area contributed by atoms with Crippen molar-refractivity contribution in [2.75, 3.05) is 0 Å². The molecule has 0 aromatic rings. The van der Waals surface area contributed by atoms with Gasteiger partial charge in [-0.3, -0.25) is 0 Å². The summed E-state index contributed by atoms with van der Waals surface area (Å²) in [6, 6.07) is 0. The second kappa shape index (κ2) is 5.35. The molecule has 0 fully saturated rings. The van der Waals surface area contributed by atoms with Crippen LogP contribution in [0.1, 0.15) is 20.8 Å². The Kier molecular flexibility index (Phi) is 12.0. The Hall–Kier alpha value is 1.21. The molecule has 0 heterocycles. The smallest absolute Gasteiger partial charge is 1.00 e. The van der Waals surface area contributed by atoms with Gasteiger partial charge in [-0.15, -0.1) is 0 Å². The zero-order valence-corrected chi connectivity index (χ0v) is 8.03. The second-order valence-corrected chi connectivity index (χ2v) is 2.17. The number of hydrogen-bond donors (Lipinski definition) is 1. The number of hydrogen-bond acceptors (Lipinski definition) is 1. The van der Waals surface area contributed by atoms with E-state index in [2.05, 4.69) is 0 Å².